The highest BCUT2D eigenvalue weighted by molar-refractivity contribution is 4.96. The van der Waals surface area contributed by atoms with Gasteiger partial charge in [0.1, 0.15) is 0 Å². The zero-order chi connectivity index (χ0) is 12.5. The van der Waals surface area contributed by atoms with Crippen molar-refractivity contribution in [3.05, 3.63) is 0 Å². The van der Waals surface area contributed by atoms with E-state index in [4.69, 9.17) is 4.74 Å². The third kappa shape index (κ3) is 3.25. The molecular formula is C15H28N2O. The maximum Gasteiger partial charge on any atom is 0.0826 e. The van der Waals surface area contributed by atoms with Gasteiger partial charge in [-0.25, -0.2) is 0 Å². The zero-order valence-electron chi connectivity index (χ0n) is 11.9. The van der Waals surface area contributed by atoms with Crippen molar-refractivity contribution in [1.29, 1.82) is 0 Å². The van der Waals surface area contributed by atoms with Crippen LogP contribution in [0.2, 0.25) is 0 Å². The second kappa shape index (κ2) is 5.48. The van der Waals surface area contributed by atoms with Crippen LogP contribution < -0.4 is 5.32 Å². The Balaban J connectivity index is 1.44. The second-order valence-corrected chi connectivity index (χ2v) is 6.69. The molecule has 0 spiro atoms. The summed E-state index contributed by atoms with van der Waals surface area (Å²) in [4.78, 5) is 2.54. The van der Waals surface area contributed by atoms with E-state index in [0.717, 1.165) is 44.1 Å². The molecule has 3 heteroatoms. The Bertz CT molecular complexity index is 262. The van der Waals surface area contributed by atoms with Crippen LogP contribution in [0.4, 0.5) is 0 Å². The van der Waals surface area contributed by atoms with Gasteiger partial charge in [-0.1, -0.05) is 0 Å². The van der Waals surface area contributed by atoms with Crippen molar-refractivity contribution in [3.8, 4) is 0 Å². The topological polar surface area (TPSA) is 24.5 Å². The van der Waals surface area contributed by atoms with Crippen LogP contribution in [0.3, 0.4) is 0 Å². The monoisotopic (exact) mass is 252 g/mol. The normalized spacial score (nSPS) is 30.3. The van der Waals surface area contributed by atoms with Crippen LogP contribution in [-0.4, -0.2) is 49.3 Å². The van der Waals surface area contributed by atoms with Gasteiger partial charge in [0, 0.05) is 31.7 Å². The van der Waals surface area contributed by atoms with Crippen LogP contribution in [0.25, 0.3) is 0 Å². The first kappa shape index (κ1) is 12.9. The van der Waals surface area contributed by atoms with E-state index in [1.807, 2.05) is 0 Å². The quantitative estimate of drug-likeness (QED) is 0.781. The van der Waals surface area contributed by atoms with Crippen molar-refractivity contribution in [2.24, 2.45) is 11.8 Å². The van der Waals surface area contributed by atoms with E-state index in [9.17, 15) is 0 Å². The molecule has 0 aromatic rings. The Morgan fingerprint density at radius 3 is 2.39 bits per heavy atom. The third-order valence-corrected chi connectivity index (χ3v) is 4.74. The summed E-state index contributed by atoms with van der Waals surface area (Å²) in [6, 6.07) is 1.46. The molecule has 2 aliphatic carbocycles. The molecule has 1 N–H and O–H groups in total. The minimum Gasteiger partial charge on any atom is -0.374 e. The molecule has 104 valence electrons. The molecular weight excluding hydrogens is 224 g/mol. The van der Waals surface area contributed by atoms with E-state index >= 15 is 0 Å². The van der Waals surface area contributed by atoms with Gasteiger partial charge in [-0.2, -0.15) is 0 Å². The fraction of sp³-hybridized carbons (Fsp3) is 1.00. The Hall–Kier alpha value is -0.120. The SMILES string of the molecule is CC(C)N1CCOC(CNC(C2CC2)C2CC2)C1. The summed E-state index contributed by atoms with van der Waals surface area (Å²) in [6.45, 7) is 8.73. The van der Waals surface area contributed by atoms with Crippen molar-refractivity contribution < 1.29 is 4.74 Å². The molecule has 1 unspecified atom stereocenters. The van der Waals surface area contributed by atoms with Gasteiger partial charge in [0.25, 0.3) is 0 Å². The van der Waals surface area contributed by atoms with E-state index in [-0.39, 0.29) is 0 Å². The Morgan fingerprint density at radius 1 is 1.17 bits per heavy atom. The van der Waals surface area contributed by atoms with Gasteiger partial charge in [-0.15, -0.1) is 0 Å². The summed E-state index contributed by atoms with van der Waals surface area (Å²) in [5.41, 5.74) is 0. The van der Waals surface area contributed by atoms with E-state index in [1.165, 1.54) is 25.7 Å². The molecule has 3 rings (SSSR count). The fourth-order valence-corrected chi connectivity index (χ4v) is 3.23. The molecule has 0 radical (unpaired) electrons. The van der Waals surface area contributed by atoms with Crippen LogP contribution in [0.15, 0.2) is 0 Å². The fourth-order valence-electron chi connectivity index (χ4n) is 3.23. The lowest BCUT2D eigenvalue weighted by molar-refractivity contribution is -0.0386. The first-order valence-corrected chi connectivity index (χ1v) is 7.83. The van der Waals surface area contributed by atoms with Gasteiger partial charge >= 0.3 is 0 Å². The number of nitrogens with one attached hydrogen (secondary N) is 1. The van der Waals surface area contributed by atoms with E-state index in [0.29, 0.717) is 12.1 Å². The van der Waals surface area contributed by atoms with Crippen molar-refractivity contribution in [1.82, 2.24) is 10.2 Å². The minimum absolute atomic E-state index is 0.404. The Labute approximate surface area is 111 Å². The highest BCUT2D eigenvalue weighted by atomic mass is 16.5. The molecule has 0 bridgehead atoms. The van der Waals surface area contributed by atoms with Crippen molar-refractivity contribution in [2.45, 2.75) is 57.7 Å². The van der Waals surface area contributed by atoms with Gasteiger partial charge in [0.15, 0.2) is 0 Å². The van der Waals surface area contributed by atoms with E-state index in [2.05, 4.69) is 24.1 Å². The molecule has 1 heterocycles. The lowest BCUT2D eigenvalue weighted by Crippen LogP contribution is -2.50. The molecule has 1 atom stereocenters. The average molecular weight is 252 g/mol. The van der Waals surface area contributed by atoms with Gasteiger partial charge < -0.3 is 10.1 Å². The lowest BCUT2D eigenvalue weighted by Gasteiger charge is -2.36. The number of hydrogen-bond donors (Lipinski definition) is 1. The lowest BCUT2D eigenvalue weighted by atomic mass is 10.1. The van der Waals surface area contributed by atoms with Crippen molar-refractivity contribution in [3.63, 3.8) is 0 Å². The minimum atomic E-state index is 0.404. The summed E-state index contributed by atoms with van der Waals surface area (Å²) < 4.78 is 5.90. The molecule has 3 fully saturated rings. The van der Waals surface area contributed by atoms with Crippen LogP contribution in [-0.2, 0) is 4.74 Å². The van der Waals surface area contributed by atoms with Gasteiger partial charge in [-0.05, 0) is 51.4 Å². The third-order valence-electron chi connectivity index (χ3n) is 4.74. The Kier molecular flexibility index (Phi) is 3.92. The molecule has 3 aliphatic rings. The first-order chi connectivity index (χ1) is 8.74. The molecule has 1 saturated heterocycles. The van der Waals surface area contributed by atoms with Crippen LogP contribution in [0.1, 0.15) is 39.5 Å². The number of hydrogen-bond acceptors (Lipinski definition) is 3. The molecule has 0 aromatic heterocycles. The van der Waals surface area contributed by atoms with Crippen LogP contribution in [0, 0.1) is 11.8 Å². The maximum absolute atomic E-state index is 5.90. The molecule has 3 nitrogen and oxygen atoms in total. The van der Waals surface area contributed by atoms with Crippen LogP contribution >= 0.6 is 0 Å². The standard InChI is InChI=1S/C15H28N2O/c1-11(2)17-7-8-18-14(10-17)9-16-15(12-3-4-12)13-5-6-13/h11-16H,3-10H2,1-2H3. The molecule has 1 aliphatic heterocycles. The number of morpholine rings is 1. The van der Waals surface area contributed by atoms with Crippen molar-refractivity contribution >= 4 is 0 Å². The summed E-state index contributed by atoms with van der Waals surface area (Å²) in [7, 11) is 0. The van der Waals surface area contributed by atoms with Gasteiger partial charge in [0.2, 0.25) is 0 Å². The predicted octanol–water partition coefficient (Wildman–Crippen LogP) is 1.87. The van der Waals surface area contributed by atoms with Crippen LogP contribution in [0.5, 0.6) is 0 Å². The van der Waals surface area contributed by atoms with Gasteiger partial charge in [0.05, 0.1) is 12.7 Å². The second-order valence-electron chi connectivity index (χ2n) is 6.69. The smallest absolute Gasteiger partial charge is 0.0826 e. The largest absolute Gasteiger partial charge is 0.374 e. The molecule has 18 heavy (non-hydrogen) atoms. The predicted molar refractivity (Wildman–Crippen MR) is 73.7 cm³/mol. The average Bonchev–Trinajstić information content (AvgIpc) is 3.23. The number of ether oxygens (including phenoxy) is 1. The summed E-state index contributed by atoms with van der Waals surface area (Å²) in [5.74, 6) is 1.98. The summed E-state index contributed by atoms with van der Waals surface area (Å²) >= 11 is 0. The number of rotatable bonds is 6. The van der Waals surface area contributed by atoms with E-state index < -0.39 is 0 Å². The molecule has 0 aromatic carbocycles. The number of nitrogens with zero attached hydrogens (tertiary/aromatic N) is 1. The maximum atomic E-state index is 5.90. The Morgan fingerprint density at radius 2 is 1.83 bits per heavy atom. The highest BCUT2D eigenvalue weighted by Crippen LogP contribution is 2.44. The first-order valence-electron chi connectivity index (χ1n) is 7.83. The highest BCUT2D eigenvalue weighted by Gasteiger charge is 2.41. The molecule has 2 saturated carbocycles. The van der Waals surface area contributed by atoms with Crippen molar-refractivity contribution in [2.75, 3.05) is 26.2 Å². The zero-order valence-corrected chi connectivity index (χ0v) is 11.9. The molecule has 0 amide bonds. The van der Waals surface area contributed by atoms with E-state index in [1.54, 1.807) is 0 Å². The summed E-state index contributed by atoms with van der Waals surface area (Å²) in [5, 5.41) is 3.82. The van der Waals surface area contributed by atoms with Gasteiger partial charge in [-0.3, -0.25) is 4.90 Å². The summed E-state index contributed by atoms with van der Waals surface area (Å²) in [6.07, 6.45) is 6.23.